The van der Waals surface area contributed by atoms with Crippen molar-refractivity contribution < 1.29 is 9.53 Å². The van der Waals surface area contributed by atoms with Gasteiger partial charge in [-0.1, -0.05) is 103 Å². The fourth-order valence-electron chi connectivity index (χ4n) is 3.33. The Hall–Kier alpha value is -0.790. The summed E-state index contributed by atoms with van der Waals surface area (Å²) in [6.07, 6.45) is 29.4. The van der Waals surface area contributed by atoms with Crippen LogP contribution in [0.2, 0.25) is 0 Å². The molecule has 2 heteroatoms. The predicted octanol–water partition coefficient (Wildman–Crippen LogP) is 8.15. The van der Waals surface area contributed by atoms with E-state index in [2.05, 4.69) is 23.8 Å². The van der Waals surface area contributed by atoms with Crippen LogP contribution in [0.3, 0.4) is 0 Å². The molecule has 0 saturated heterocycles. The van der Waals surface area contributed by atoms with Crippen LogP contribution in [0.4, 0.5) is 0 Å². The molecular formula is C24H46O2. The molecule has 0 aromatic rings. The molecule has 0 aliphatic rings. The Labute approximate surface area is 164 Å². The van der Waals surface area contributed by atoms with Crippen LogP contribution in [0.1, 0.15) is 129 Å². The highest BCUT2D eigenvalue weighted by Gasteiger charge is 1.98. The first kappa shape index (κ1) is 25.2. The molecule has 0 aliphatic carbocycles. The van der Waals surface area contributed by atoms with E-state index in [1.54, 1.807) is 0 Å². The summed E-state index contributed by atoms with van der Waals surface area (Å²) in [4.78, 5) is 11.0. The summed E-state index contributed by atoms with van der Waals surface area (Å²) in [7, 11) is 1.46. The van der Waals surface area contributed by atoms with Gasteiger partial charge in [-0.15, -0.1) is 0 Å². The van der Waals surface area contributed by atoms with Gasteiger partial charge in [0.05, 0.1) is 7.11 Å². The van der Waals surface area contributed by atoms with Crippen LogP contribution in [-0.2, 0) is 9.53 Å². The maximum atomic E-state index is 11.0. The SMILES string of the molecule is CCCCCCCCCCCC/C=C/CCCCCCCCC(=O)OC. The van der Waals surface area contributed by atoms with Crippen molar-refractivity contribution in [2.75, 3.05) is 7.11 Å². The Morgan fingerprint density at radius 3 is 1.42 bits per heavy atom. The van der Waals surface area contributed by atoms with Crippen molar-refractivity contribution in [1.29, 1.82) is 0 Å². The highest BCUT2D eigenvalue weighted by Crippen LogP contribution is 2.12. The van der Waals surface area contributed by atoms with E-state index in [4.69, 9.17) is 0 Å². The van der Waals surface area contributed by atoms with Crippen molar-refractivity contribution in [2.24, 2.45) is 0 Å². The molecule has 26 heavy (non-hydrogen) atoms. The monoisotopic (exact) mass is 366 g/mol. The van der Waals surface area contributed by atoms with E-state index in [0.717, 1.165) is 12.8 Å². The molecule has 0 bridgehead atoms. The van der Waals surface area contributed by atoms with Crippen molar-refractivity contribution in [1.82, 2.24) is 0 Å². The second kappa shape index (κ2) is 22.3. The minimum Gasteiger partial charge on any atom is -0.469 e. The molecular weight excluding hydrogens is 320 g/mol. The zero-order valence-corrected chi connectivity index (χ0v) is 17.9. The summed E-state index contributed by atoms with van der Waals surface area (Å²) >= 11 is 0. The lowest BCUT2D eigenvalue weighted by atomic mass is 10.1. The van der Waals surface area contributed by atoms with Gasteiger partial charge in [0, 0.05) is 6.42 Å². The van der Waals surface area contributed by atoms with E-state index in [-0.39, 0.29) is 5.97 Å². The minimum absolute atomic E-state index is 0.0717. The lowest BCUT2D eigenvalue weighted by Gasteiger charge is -2.01. The summed E-state index contributed by atoms with van der Waals surface area (Å²) in [5.74, 6) is -0.0717. The van der Waals surface area contributed by atoms with Crippen LogP contribution in [-0.4, -0.2) is 13.1 Å². The summed E-state index contributed by atoms with van der Waals surface area (Å²) in [5, 5.41) is 0. The molecule has 0 rings (SSSR count). The maximum Gasteiger partial charge on any atom is 0.305 e. The molecule has 0 saturated carbocycles. The Bertz CT molecular complexity index is 309. The van der Waals surface area contributed by atoms with Gasteiger partial charge in [-0.2, -0.15) is 0 Å². The number of unbranched alkanes of at least 4 members (excludes halogenated alkanes) is 16. The summed E-state index contributed by atoms with van der Waals surface area (Å²) in [6, 6.07) is 0. The van der Waals surface area contributed by atoms with Crippen LogP contribution < -0.4 is 0 Å². The first-order valence-corrected chi connectivity index (χ1v) is 11.5. The quantitative estimate of drug-likeness (QED) is 0.123. The molecule has 0 amide bonds. The van der Waals surface area contributed by atoms with E-state index in [0.29, 0.717) is 6.42 Å². The standard InChI is InChI=1S/C24H46O2/c1-3-4-5-6-7-8-9-10-11-12-13-14-15-16-17-18-19-20-21-22-23-24(25)26-2/h14-15H,3-13,16-23H2,1-2H3/b15-14+. The third kappa shape index (κ3) is 21.3. The lowest BCUT2D eigenvalue weighted by molar-refractivity contribution is -0.140. The van der Waals surface area contributed by atoms with E-state index in [9.17, 15) is 4.79 Å². The molecule has 0 N–H and O–H groups in total. The van der Waals surface area contributed by atoms with Gasteiger partial charge in [-0.3, -0.25) is 4.79 Å². The van der Waals surface area contributed by atoms with Crippen molar-refractivity contribution in [3.63, 3.8) is 0 Å². The Morgan fingerprint density at radius 1 is 0.615 bits per heavy atom. The average molecular weight is 367 g/mol. The second-order valence-electron chi connectivity index (χ2n) is 7.68. The molecule has 0 unspecified atom stereocenters. The van der Waals surface area contributed by atoms with Gasteiger partial charge < -0.3 is 4.74 Å². The third-order valence-corrected chi connectivity index (χ3v) is 5.12. The summed E-state index contributed by atoms with van der Waals surface area (Å²) < 4.78 is 4.64. The van der Waals surface area contributed by atoms with E-state index < -0.39 is 0 Å². The number of carbonyl (C=O) groups excluding carboxylic acids is 1. The largest absolute Gasteiger partial charge is 0.469 e. The lowest BCUT2D eigenvalue weighted by Crippen LogP contribution is -1.99. The van der Waals surface area contributed by atoms with Gasteiger partial charge in [0.1, 0.15) is 0 Å². The second-order valence-corrected chi connectivity index (χ2v) is 7.68. The normalized spacial score (nSPS) is 11.3. The Balaban J connectivity index is 3.10. The minimum atomic E-state index is -0.0717. The molecule has 0 fully saturated rings. The Morgan fingerprint density at radius 2 is 1.00 bits per heavy atom. The average Bonchev–Trinajstić information content (AvgIpc) is 2.66. The number of hydrogen-bond donors (Lipinski definition) is 0. The number of hydrogen-bond acceptors (Lipinski definition) is 2. The van der Waals surface area contributed by atoms with E-state index >= 15 is 0 Å². The number of esters is 1. The smallest absolute Gasteiger partial charge is 0.305 e. The summed E-state index contributed by atoms with van der Waals surface area (Å²) in [5.41, 5.74) is 0. The number of methoxy groups -OCH3 is 1. The number of allylic oxidation sites excluding steroid dienone is 2. The topological polar surface area (TPSA) is 26.3 Å². The van der Waals surface area contributed by atoms with Crippen LogP contribution in [0.25, 0.3) is 0 Å². The van der Waals surface area contributed by atoms with Gasteiger partial charge >= 0.3 is 5.97 Å². The van der Waals surface area contributed by atoms with Crippen molar-refractivity contribution in [3.8, 4) is 0 Å². The van der Waals surface area contributed by atoms with Gasteiger partial charge in [-0.05, 0) is 32.1 Å². The highest BCUT2D eigenvalue weighted by molar-refractivity contribution is 5.68. The van der Waals surface area contributed by atoms with Gasteiger partial charge in [-0.25, -0.2) is 0 Å². The number of carbonyl (C=O) groups is 1. The van der Waals surface area contributed by atoms with Crippen molar-refractivity contribution in [3.05, 3.63) is 12.2 Å². The first-order valence-electron chi connectivity index (χ1n) is 11.5. The van der Waals surface area contributed by atoms with Gasteiger partial charge in [0.25, 0.3) is 0 Å². The van der Waals surface area contributed by atoms with Gasteiger partial charge in [0.15, 0.2) is 0 Å². The molecule has 2 nitrogen and oxygen atoms in total. The molecule has 0 aliphatic heterocycles. The Kier molecular flexibility index (Phi) is 21.6. The van der Waals surface area contributed by atoms with E-state index in [1.807, 2.05) is 0 Å². The van der Waals surface area contributed by atoms with Crippen molar-refractivity contribution in [2.45, 2.75) is 129 Å². The molecule has 0 spiro atoms. The molecule has 0 radical (unpaired) electrons. The first-order chi connectivity index (χ1) is 12.8. The molecule has 0 aromatic carbocycles. The van der Waals surface area contributed by atoms with Crippen LogP contribution >= 0.6 is 0 Å². The van der Waals surface area contributed by atoms with Crippen molar-refractivity contribution >= 4 is 5.97 Å². The summed E-state index contributed by atoms with van der Waals surface area (Å²) in [6.45, 7) is 2.28. The molecule has 0 atom stereocenters. The molecule has 0 aromatic heterocycles. The number of ether oxygens (including phenoxy) is 1. The highest BCUT2D eigenvalue weighted by atomic mass is 16.5. The number of rotatable bonds is 20. The predicted molar refractivity (Wildman–Crippen MR) is 115 cm³/mol. The van der Waals surface area contributed by atoms with Crippen LogP contribution in [0, 0.1) is 0 Å². The fourth-order valence-corrected chi connectivity index (χ4v) is 3.33. The van der Waals surface area contributed by atoms with E-state index in [1.165, 1.54) is 110 Å². The zero-order chi connectivity index (χ0) is 19.1. The third-order valence-electron chi connectivity index (χ3n) is 5.12. The molecule has 154 valence electrons. The zero-order valence-electron chi connectivity index (χ0n) is 17.9. The fraction of sp³-hybridized carbons (Fsp3) is 0.875. The van der Waals surface area contributed by atoms with Crippen LogP contribution in [0.5, 0.6) is 0 Å². The molecule has 0 heterocycles. The van der Waals surface area contributed by atoms with Gasteiger partial charge in [0.2, 0.25) is 0 Å². The maximum absolute atomic E-state index is 11.0. The van der Waals surface area contributed by atoms with Crippen LogP contribution in [0.15, 0.2) is 12.2 Å².